The molecule has 0 fully saturated rings. The van der Waals surface area contributed by atoms with E-state index in [4.69, 9.17) is 8.83 Å². The molecule has 0 aliphatic heterocycles. The van der Waals surface area contributed by atoms with Gasteiger partial charge in [-0.2, -0.15) is 10.5 Å². The van der Waals surface area contributed by atoms with E-state index in [0.29, 0.717) is 16.7 Å². The van der Waals surface area contributed by atoms with Crippen molar-refractivity contribution in [3.8, 4) is 45.8 Å². The molecule has 0 radical (unpaired) electrons. The van der Waals surface area contributed by atoms with E-state index in [-0.39, 0.29) is 0 Å². The zero-order chi connectivity index (χ0) is 41.1. The maximum absolute atomic E-state index is 11.0. The first kappa shape index (κ1) is 34.1. The summed E-state index contributed by atoms with van der Waals surface area (Å²) in [6, 6.07) is 67.0. The van der Waals surface area contributed by atoms with Gasteiger partial charge in [0.05, 0.1) is 50.0 Å². The van der Waals surface area contributed by atoms with E-state index in [0.717, 1.165) is 116 Å². The van der Waals surface area contributed by atoms with Crippen molar-refractivity contribution in [1.29, 1.82) is 10.5 Å². The zero-order valence-corrected chi connectivity index (χ0v) is 32.9. The molecule has 0 N–H and O–H groups in total. The monoisotopic (exact) mass is 790 g/mol. The third-order valence-electron chi connectivity index (χ3n) is 12.6. The summed E-state index contributed by atoms with van der Waals surface area (Å²) in [6.45, 7) is 0. The minimum atomic E-state index is 0.418. The van der Waals surface area contributed by atoms with Gasteiger partial charge >= 0.3 is 0 Å². The van der Waals surface area contributed by atoms with Gasteiger partial charge in [0.25, 0.3) is 0 Å². The Morgan fingerprint density at radius 1 is 0.387 bits per heavy atom. The first-order chi connectivity index (χ1) is 30.7. The van der Waals surface area contributed by atoms with Gasteiger partial charge in [0, 0.05) is 54.8 Å². The number of fused-ring (bicyclic) bond motifs is 14. The standard InChI is InChI=1S/C56H30N4O2/c57-31-34-22-23-38(33-12-2-1-3-13-33)45(32-58)52(34)35-28-36(59-46-18-8-4-16-43(46)53-48(59)26-24-41-39-14-6-10-20-50(39)61-55(41)53)30-37(29-35)60-47-19-9-5-17-44(47)54-49(60)27-25-42-40-15-7-11-21-51(40)62-56(42)54/h1-30H. The smallest absolute Gasteiger partial charge is 0.145 e. The molecule has 286 valence electrons. The van der Waals surface area contributed by atoms with Crippen molar-refractivity contribution in [3.63, 3.8) is 0 Å². The van der Waals surface area contributed by atoms with Crippen molar-refractivity contribution in [2.45, 2.75) is 0 Å². The van der Waals surface area contributed by atoms with Gasteiger partial charge in [-0.25, -0.2) is 0 Å². The number of nitrogens with zero attached hydrogens (tertiary/aromatic N) is 4. The number of benzene rings is 9. The van der Waals surface area contributed by atoms with E-state index >= 15 is 0 Å². The molecule has 0 saturated heterocycles. The molecule has 0 bridgehead atoms. The highest BCUT2D eigenvalue weighted by atomic mass is 16.3. The number of nitriles is 2. The molecule has 0 atom stereocenters. The molecule has 0 amide bonds. The average Bonchev–Trinajstić information content (AvgIpc) is 4.08. The number of furan rings is 2. The highest BCUT2D eigenvalue weighted by Crippen LogP contribution is 2.45. The fourth-order valence-electron chi connectivity index (χ4n) is 9.99. The van der Waals surface area contributed by atoms with Gasteiger partial charge in [-0.1, -0.05) is 109 Å². The maximum atomic E-state index is 11.0. The third kappa shape index (κ3) is 4.66. The van der Waals surface area contributed by atoms with Crippen LogP contribution in [-0.4, -0.2) is 9.13 Å². The van der Waals surface area contributed by atoms with Crippen LogP contribution in [0, 0.1) is 22.7 Å². The van der Waals surface area contributed by atoms with Crippen LogP contribution in [0.2, 0.25) is 0 Å². The van der Waals surface area contributed by atoms with Crippen LogP contribution in [-0.2, 0) is 0 Å². The molecule has 0 aliphatic carbocycles. The predicted molar refractivity (Wildman–Crippen MR) is 250 cm³/mol. The summed E-state index contributed by atoms with van der Waals surface area (Å²) in [5.41, 5.74) is 12.9. The van der Waals surface area contributed by atoms with E-state index in [1.54, 1.807) is 0 Å². The topological polar surface area (TPSA) is 83.7 Å². The number of rotatable bonds is 4. The molecule has 0 unspecified atom stereocenters. The molecule has 6 heteroatoms. The highest BCUT2D eigenvalue weighted by molar-refractivity contribution is 6.25. The maximum Gasteiger partial charge on any atom is 0.145 e. The Morgan fingerprint density at radius 2 is 0.887 bits per heavy atom. The quantitative estimate of drug-likeness (QED) is 0.178. The molecular formula is C56H30N4O2. The summed E-state index contributed by atoms with van der Waals surface area (Å²) in [5.74, 6) is 0. The lowest BCUT2D eigenvalue weighted by molar-refractivity contribution is 0.672. The Labute approximate surface area is 353 Å². The van der Waals surface area contributed by atoms with Gasteiger partial charge in [0.2, 0.25) is 0 Å². The van der Waals surface area contributed by atoms with E-state index in [2.05, 4.69) is 124 Å². The molecule has 4 heterocycles. The van der Waals surface area contributed by atoms with E-state index in [1.165, 1.54) is 0 Å². The van der Waals surface area contributed by atoms with Crippen LogP contribution >= 0.6 is 0 Å². The van der Waals surface area contributed by atoms with Crippen LogP contribution in [0.15, 0.2) is 191 Å². The van der Waals surface area contributed by atoms with Crippen LogP contribution in [0.4, 0.5) is 0 Å². The van der Waals surface area contributed by atoms with Gasteiger partial charge in [-0.05, 0) is 83.9 Å². The Kier molecular flexibility index (Phi) is 7.05. The number of para-hydroxylation sites is 4. The van der Waals surface area contributed by atoms with Gasteiger partial charge in [-0.15, -0.1) is 0 Å². The molecule has 0 spiro atoms. The van der Waals surface area contributed by atoms with Crippen molar-refractivity contribution in [2.75, 3.05) is 0 Å². The number of hydrogen-bond acceptors (Lipinski definition) is 4. The van der Waals surface area contributed by atoms with Gasteiger partial charge in [0.1, 0.15) is 28.4 Å². The minimum absolute atomic E-state index is 0.418. The molecule has 4 aromatic heterocycles. The van der Waals surface area contributed by atoms with E-state index in [1.807, 2.05) is 78.9 Å². The molecule has 0 saturated carbocycles. The first-order valence-electron chi connectivity index (χ1n) is 20.5. The van der Waals surface area contributed by atoms with E-state index in [9.17, 15) is 10.5 Å². The Bertz CT molecular complexity index is 3920. The second-order valence-corrected chi connectivity index (χ2v) is 15.8. The molecular weight excluding hydrogens is 761 g/mol. The van der Waals surface area contributed by atoms with Crippen molar-refractivity contribution in [2.24, 2.45) is 0 Å². The molecule has 13 rings (SSSR count). The minimum Gasteiger partial charge on any atom is -0.455 e. The Balaban J connectivity index is 1.18. The fourth-order valence-corrected chi connectivity index (χ4v) is 9.99. The van der Waals surface area contributed by atoms with Crippen LogP contribution in [0.3, 0.4) is 0 Å². The lowest BCUT2D eigenvalue weighted by atomic mass is 9.88. The molecule has 9 aromatic carbocycles. The molecule has 13 aromatic rings. The average molecular weight is 791 g/mol. The van der Waals surface area contributed by atoms with Gasteiger partial charge in [0.15, 0.2) is 0 Å². The Morgan fingerprint density at radius 3 is 1.42 bits per heavy atom. The SMILES string of the molecule is N#Cc1ccc(-c2ccccc2)c(C#N)c1-c1cc(-n2c3ccccc3c3c4oc5ccccc5c4ccc32)cc(-n2c3ccccc3c3c4oc5ccccc5c4ccc32)c1. The predicted octanol–water partition coefficient (Wildman–Crippen LogP) is 14.8. The summed E-state index contributed by atoms with van der Waals surface area (Å²) in [4.78, 5) is 0. The van der Waals surface area contributed by atoms with Crippen LogP contribution in [0.5, 0.6) is 0 Å². The highest BCUT2D eigenvalue weighted by Gasteiger charge is 2.24. The summed E-state index contributed by atoms with van der Waals surface area (Å²) in [6.07, 6.45) is 0. The lowest BCUT2D eigenvalue weighted by Crippen LogP contribution is -2.02. The third-order valence-corrected chi connectivity index (χ3v) is 12.6. The van der Waals surface area contributed by atoms with Crippen molar-refractivity contribution >= 4 is 87.5 Å². The first-order valence-corrected chi connectivity index (χ1v) is 20.5. The summed E-state index contributed by atoms with van der Waals surface area (Å²) in [7, 11) is 0. The van der Waals surface area contributed by atoms with Crippen molar-refractivity contribution < 1.29 is 8.83 Å². The van der Waals surface area contributed by atoms with Crippen LogP contribution in [0.25, 0.3) is 121 Å². The molecule has 62 heavy (non-hydrogen) atoms. The van der Waals surface area contributed by atoms with Crippen molar-refractivity contribution in [3.05, 3.63) is 193 Å². The van der Waals surface area contributed by atoms with Crippen LogP contribution in [0.1, 0.15) is 11.1 Å². The largest absolute Gasteiger partial charge is 0.455 e. The normalized spacial score (nSPS) is 11.8. The van der Waals surface area contributed by atoms with Crippen molar-refractivity contribution in [1.82, 2.24) is 9.13 Å². The molecule has 6 nitrogen and oxygen atoms in total. The summed E-state index contributed by atoms with van der Waals surface area (Å²) in [5, 5.41) is 30.2. The van der Waals surface area contributed by atoms with E-state index < -0.39 is 0 Å². The second kappa shape index (κ2) is 12.8. The number of aromatic nitrogens is 2. The Hall–Kier alpha value is -8.84. The summed E-state index contributed by atoms with van der Waals surface area (Å²) >= 11 is 0. The summed E-state index contributed by atoms with van der Waals surface area (Å²) < 4.78 is 17.9. The van der Waals surface area contributed by atoms with Gasteiger partial charge in [-0.3, -0.25) is 0 Å². The van der Waals surface area contributed by atoms with Gasteiger partial charge < -0.3 is 18.0 Å². The second-order valence-electron chi connectivity index (χ2n) is 15.8. The zero-order valence-electron chi connectivity index (χ0n) is 32.9. The van der Waals surface area contributed by atoms with Crippen LogP contribution < -0.4 is 0 Å². The lowest BCUT2D eigenvalue weighted by Gasteiger charge is -2.18. The fraction of sp³-hybridized carbons (Fsp3) is 0. The molecule has 0 aliphatic rings. The number of hydrogen-bond donors (Lipinski definition) is 0.